The fourth-order valence-corrected chi connectivity index (χ4v) is 3.37. The Kier molecular flexibility index (Phi) is 7.28. The lowest BCUT2D eigenvalue weighted by Gasteiger charge is -2.22. The normalized spacial score (nSPS) is 12.0. The zero-order valence-electron chi connectivity index (χ0n) is 17.3. The summed E-state index contributed by atoms with van der Waals surface area (Å²) in [4.78, 5) is 2.07. The van der Waals surface area contributed by atoms with E-state index in [0.29, 0.717) is 13.1 Å². The van der Waals surface area contributed by atoms with Gasteiger partial charge in [-0.15, -0.1) is 0 Å². The van der Waals surface area contributed by atoms with E-state index < -0.39 is 6.10 Å². The zero-order valence-corrected chi connectivity index (χ0v) is 17.3. The Hall–Kier alpha value is -2.82. The molecule has 0 spiro atoms. The topological polar surface area (TPSA) is 41.9 Å². The maximum absolute atomic E-state index is 10.4. The first-order valence-corrected chi connectivity index (χ1v) is 9.83. The molecular weight excluding hydrogens is 362 g/mol. The van der Waals surface area contributed by atoms with Crippen molar-refractivity contribution in [1.82, 2.24) is 4.90 Å². The molecule has 1 N–H and O–H groups in total. The highest BCUT2D eigenvalue weighted by Crippen LogP contribution is 2.23. The quantitative estimate of drug-likeness (QED) is 0.581. The maximum Gasteiger partial charge on any atom is 0.123 e. The number of hydrogen-bond donors (Lipinski definition) is 1. The van der Waals surface area contributed by atoms with Gasteiger partial charge in [0.05, 0.1) is 7.11 Å². The number of methoxy groups -OCH3 is 1. The van der Waals surface area contributed by atoms with Gasteiger partial charge in [-0.2, -0.15) is 0 Å². The molecule has 1 atom stereocenters. The molecule has 0 saturated heterocycles. The Morgan fingerprint density at radius 1 is 0.931 bits per heavy atom. The van der Waals surface area contributed by atoms with Crippen molar-refractivity contribution in [2.45, 2.75) is 19.6 Å². The molecule has 4 nitrogen and oxygen atoms in total. The highest BCUT2D eigenvalue weighted by atomic mass is 16.5. The summed E-state index contributed by atoms with van der Waals surface area (Å²) >= 11 is 0. The molecule has 3 aromatic carbocycles. The van der Waals surface area contributed by atoms with Crippen molar-refractivity contribution < 1.29 is 14.6 Å². The molecule has 0 aliphatic heterocycles. The van der Waals surface area contributed by atoms with Gasteiger partial charge in [-0.05, 0) is 43.3 Å². The van der Waals surface area contributed by atoms with Crippen molar-refractivity contribution in [1.29, 1.82) is 0 Å². The van der Waals surface area contributed by atoms with Gasteiger partial charge in [0.1, 0.15) is 24.2 Å². The molecule has 3 aromatic rings. The van der Waals surface area contributed by atoms with Gasteiger partial charge in [0.25, 0.3) is 0 Å². The van der Waals surface area contributed by atoms with Crippen LogP contribution in [0.25, 0.3) is 11.1 Å². The summed E-state index contributed by atoms with van der Waals surface area (Å²) in [6, 6.07) is 24.3. The average molecular weight is 392 g/mol. The van der Waals surface area contributed by atoms with E-state index in [2.05, 4.69) is 30.0 Å². The Bertz CT molecular complexity index is 894. The van der Waals surface area contributed by atoms with Crippen LogP contribution in [0.1, 0.15) is 11.1 Å². The third kappa shape index (κ3) is 6.08. The van der Waals surface area contributed by atoms with Crippen LogP contribution in [-0.2, 0) is 6.54 Å². The minimum atomic E-state index is -0.579. The molecule has 0 bridgehead atoms. The summed E-state index contributed by atoms with van der Waals surface area (Å²) in [7, 11) is 3.67. The number of aliphatic hydroxyl groups excluding tert-OH is 1. The van der Waals surface area contributed by atoms with Crippen LogP contribution in [0.15, 0.2) is 72.8 Å². The lowest BCUT2D eigenvalue weighted by molar-refractivity contribution is 0.0742. The van der Waals surface area contributed by atoms with Crippen LogP contribution >= 0.6 is 0 Å². The summed E-state index contributed by atoms with van der Waals surface area (Å²) in [6.45, 7) is 3.53. The SMILES string of the molecule is COc1ccc(C)cc1CN(C)CC(O)COc1ccc(-c2ccccc2)cc1. The van der Waals surface area contributed by atoms with E-state index >= 15 is 0 Å². The van der Waals surface area contributed by atoms with Gasteiger partial charge in [0.2, 0.25) is 0 Å². The molecule has 152 valence electrons. The second-order valence-electron chi connectivity index (χ2n) is 7.37. The maximum atomic E-state index is 10.4. The van der Waals surface area contributed by atoms with Crippen molar-refractivity contribution in [3.63, 3.8) is 0 Å². The first-order valence-electron chi connectivity index (χ1n) is 9.83. The fraction of sp³-hybridized carbons (Fsp3) is 0.280. The lowest BCUT2D eigenvalue weighted by Crippen LogP contribution is -2.32. The predicted molar refractivity (Wildman–Crippen MR) is 117 cm³/mol. The van der Waals surface area contributed by atoms with Crippen LogP contribution in [0, 0.1) is 6.92 Å². The number of aryl methyl sites for hydroxylation is 1. The number of nitrogens with zero attached hydrogens (tertiary/aromatic N) is 1. The van der Waals surface area contributed by atoms with E-state index in [-0.39, 0.29) is 6.61 Å². The highest BCUT2D eigenvalue weighted by Gasteiger charge is 2.12. The van der Waals surface area contributed by atoms with E-state index in [1.807, 2.05) is 61.6 Å². The van der Waals surface area contributed by atoms with Crippen LogP contribution in [0.3, 0.4) is 0 Å². The minimum absolute atomic E-state index is 0.250. The van der Waals surface area contributed by atoms with Crippen LogP contribution in [0.5, 0.6) is 11.5 Å². The Labute approximate surface area is 173 Å². The zero-order chi connectivity index (χ0) is 20.6. The van der Waals surface area contributed by atoms with Crippen LogP contribution in [0.4, 0.5) is 0 Å². The van der Waals surface area contributed by atoms with E-state index in [9.17, 15) is 5.11 Å². The number of rotatable bonds is 9. The molecular formula is C25H29NO3. The first-order chi connectivity index (χ1) is 14.0. The third-order valence-electron chi connectivity index (χ3n) is 4.80. The summed E-state index contributed by atoms with van der Waals surface area (Å²) in [5.41, 5.74) is 4.62. The van der Waals surface area contributed by atoms with Crippen molar-refractivity contribution in [2.24, 2.45) is 0 Å². The molecule has 29 heavy (non-hydrogen) atoms. The van der Waals surface area contributed by atoms with Gasteiger partial charge in [0.15, 0.2) is 0 Å². The van der Waals surface area contributed by atoms with E-state index in [4.69, 9.17) is 9.47 Å². The summed E-state index contributed by atoms with van der Waals surface area (Å²) in [5, 5.41) is 10.4. The number of benzene rings is 3. The molecule has 0 aliphatic carbocycles. The predicted octanol–water partition coefficient (Wildman–Crippen LogP) is 4.54. The molecule has 0 heterocycles. The molecule has 0 aromatic heterocycles. The second kappa shape index (κ2) is 10.1. The average Bonchev–Trinajstić information content (AvgIpc) is 2.73. The first kappa shape index (κ1) is 20.9. The number of hydrogen-bond acceptors (Lipinski definition) is 4. The van der Waals surface area contributed by atoms with Gasteiger partial charge in [0, 0.05) is 18.7 Å². The van der Waals surface area contributed by atoms with Gasteiger partial charge in [-0.1, -0.05) is 60.2 Å². The smallest absolute Gasteiger partial charge is 0.123 e. The summed E-state index contributed by atoms with van der Waals surface area (Å²) < 4.78 is 11.2. The summed E-state index contributed by atoms with van der Waals surface area (Å²) in [6.07, 6.45) is -0.579. The minimum Gasteiger partial charge on any atom is -0.496 e. The molecule has 3 rings (SSSR count). The molecule has 1 unspecified atom stereocenters. The molecule has 0 fully saturated rings. The molecule has 4 heteroatoms. The van der Waals surface area contributed by atoms with E-state index in [0.717, 1.165) is 22.6 Å². The third-order valence-corrected chi connectivity index (χ3v) is 4.80. The Balaban J connectivity index is 1.49. The van der Waals surface area contributed by atoms with E-state index in [1.54, 1.807) is 7.11 Å². The summed E-state index contributed by atoms with van der Waals surface area (Å²) in [5.74, 6) is 1.62. The molecule has 0 saturated carbocycles. The second-order valence-corrected chi connectivity index (χ2v) is 7.37. The molecule has 0 radical (unpaired) electrons. The van der Waals surface area contributed by atoms with Crippen molar-refractivity contribution in [3.05, 3.63) is 83.9 Å². The number of ether oxygens (including phenoxy) is 2. The fourth-order valence-electron chi connectivity index (χ4n) is 3.37. The van der Waals surface area contributed by atoms with Gasteiger partial charge < -0.3 is 14.6 Å². The number of aliphatic hydroxyl groups is 1. The largest absolute Gasteiger partial charge is 0.496 e. The standard InChI is InChI=1S/C25H29NO3/c1-19-9-14-25(28-3)22(15-19)16-26(2)17-23(27)18-29-24-12-10-21(11-13-24)20-7-5-4-6-8-20/h4-15,23,27H,16-18H2,1-3H3. The molecule has 0 amide bonds. The lowest BCUT2D eigenvalue weighted by atomic mass is 10.1. The van der Waals surface area contributed by atoms with E-state index in [1.165, 1.54) is 11.1 Å². The van der Waals surface area contributed by atoms with Crippen molar-refractivity contribution in [3.8, 4) is 22.6 Å². The van der Waals surface area contributed by atoms with Crippen LogP contribution in [0.2, 0.25) is 0 Å². The van der Waals surface area contributed by atoms with Gasteiger partial charge in [-0.25, -0.2) is 0 Å². The van der Waals surface area contributed by atoms with Crippen molar-refractivity contribution >= 4 is 0 Å². The van der Waals surface area contributed by atoms with Crippen molar-refractivity contribution in [2.75, 3.05) is 27.3 Å². The van der Waals surface area contributed by atoms with Crippen LogP contribution in [-0.4, -0.2) is 43.4 Å². The monoisotopic (exact) mass is 391 g/mol. The van der Waals surface area contributed by atoms with Gasteiger partial charge in [-0.3, -0.25) is 4.90 Å². The van der Waals surface area contributed by atoms with Gasteiger partial charge >= 0.3 is 0 Å². The number of likely N-dealkylation sites (N-methyl/N-ethyl adjacent to an activating group) is 1. The highest BCUT2D eigenvalue weighted by molar-refractivity contribution is 5.63. The van der Waals surface area contributed by atoms with Crippen LogP contribution < -0.4 is 9.47 Å². The Morgan fingerprint density at radius 3 is 2.31 bits per heavy atom. The Morgan fingerprint density at radius 2 is 1.62 bits per heavy atom. The molecule has 0 aliphatic rings.